The Kier molecular flexibility index (Phi) is 7.76. The second-order valence-electron chi connectivity index (χ2n) is 9.92. The number of piperazine rings is 2. The number of aromatic nitrogens is 2. The van der Waals surface area contributed by atoms with Crippen LogP contribution in [0.5, 0.6) is 0 Å². The zero-order valence-electron chi connectivity index (χ0n) is 22.1. The van der Waals surface area contributed by atoms with E-state index in [0.717, 1.165) is 37.5 Å². The van der Waals surface area contributed by atoms with Crippen molar-refractivity contribution in [1.29, 1.82) is 5.26 Å². The Balaban J connectivity index is 1.35. The van der Waals surface area contributed by atoms with Crippen LogP contribution in [0.1, 0.15) is 5.56 Å². The van der Waals surface area contributed by atoms with E-state index >= 15 is 4.39 Å². The van der Waals surface area contributed by atoms with Crippen molar-refractivity contribution in [3.05, 3.63) is 57.8 Å². The zero-order valence-corrected chi connectivity index (χ0v) is 24.5. The van der Waals surface area contributed by atoms with E-state index in [1.165, 1.54) is 18.2 Å². The molecule has 1 amide bonds. The van der Waals surface area contributed by atoms with Gasteiger partial charge in [0.05, 0.1) is 20.9 Å². The van der Waals surface area contributed by atoms with Crippen molar-refractivity contribution in [2.45, 2.75) is 0 Å². The average Bonchev–Trinajstić information content (AvgIpc) is 3.40. The number of fused-ring (bicyclic) bond motifs is 2. The first-order valence-corrected chi connectivity index (χ1v) is 14.8. The van der Waals surface area contributed by atoms with Gasteiger partial charge in [0.2, 0.25) is 5.91 Å². The highest BCUT2D eigenvalue weighted by Gasteiger charge is 2.28. The van der Waals surface area contributed by atoms with Crippen LogP contribution in [0.15, 0.2) is 30.5 Å². The highest BCUT2D eigenvalue weighted by molar-refractivity contribution is 7.22. The van der Waals surface area contributed by atoms with Gasteiger partial charge in [-0.2, -0.15) is 5.26 Å². The van der Waals surface area contributed by atoms with Crippen LogP contribution >= 0.6 is 34.5 Å². The largest absolute Gasteiger partial charge is 0.375 e. The standard InChI is InChI=1S/C28H24Cl2F2N8OS/c29-18-13-16-23(22(32)21(18)15-1-2-19(31)26-24(15)37-28(34)42-26)36-27(30)17(14-33)25(16)40-11-9-39(10-12-40)20(41)3-6-38-7-4-35-5-8-38/h1-3,6,13,35H,4-5,7-12H2,(H2,34,37). The van der Waals surface area contributed by atoms with E-state index in [9.17, 15) is 14.4 Å². The molecule has 216 valence electrons. The molecule has 4 aromatic rings. The fourth-order valence-electron chi connectivity index (χ4n) is 5.41. The molecule has 42 heavy (non-hydrogen) atoms. The molecule has 2 saturated heterocycles. The van der Waals surface area contributed by atoms with E-state index < -0.39 is 11.6 Å². The van der Waals surface area contributed by atoms with Crippen LogP contribution in [0.2, 0.25) is 10.2 Å². The predicted molar refractivity (Wildman–Crippen MR) is 162 cm³/mol. The highest BCUT2D eigenvalue weighted by Crippen LogP contribution is 2.44. The van der Waals surface area contributed by atoms with E-state index in [4.69, 9.17) is 28.9 Å². The lowest BCUT2D eigenvalue weighted by Crippen LogP contribution is -2.48. The minimum atomic E-state index is -0.781. The van der Waals surface area contributed by atoms with Gasteiger partial charge in [0, 0.05) is 81.1 Å². The number of carbonyl (C=O) groups excluding carboxylic acids is 1. The van der Waals surface area contributed by atoms with Gasteiger partial charge < -0.3 is 25.8 Å². The number of halogens is 4. The van der Waals surface area contributed by atoms with Gasteiger partial charge in [-0.1, -0.05) is 34.5 Å². The highest BCUT2D eigenvalue weighted by atomic mass is 35.5. The molecular weight excluding hydrogens is 605 g/mol. The minimum absolute atomic E-state index is 0.0228. The number of nitrogens with two attached hydrogens (primary N) is 1. The van der Waals surface area contributed by atoms with Crippen molar-refractivity contribution in [2.24, 2.45) is 0 Å². The van der Waals surface area contributed by atoms with Gasteiger partial charge in [-0.3, -0.25) is 4.79 Å². The lowest BCUT2D eigenvalue weighted by atomic mass is 9.99. The summed E-state index contributed by atoms with van der Waals surface area (Å²) in [4.78, 5) is 27.0. The summed E-state index contributed by atoms with van der Waals surface area (Å²) in [5.74, 6) is -1.41. The van der Waals surface area contributed by atoms with Crippen LogP contribution in [-0.4, -0.2) is 78.0 Å². The van der Waals surface area contributed by atoms with E-state index in [1.54, 1.807) is 11.0 Å². The molecular formula is C28H24Cl2F2N8OS. The Hall–Kier alpha value is -3.76. The average molecular weight is 630 g/mol. The summed E-state index contributed by atoms with van der Waals surface area (Å²) in [7, 11) is 0. The second kappa shape index (κ2) is 11.5. The summed E-state index contributed by atoms with van der Waals surface area (Å²) < 4.78 is 30.9. The molecule has 0 bridgehead atoms. The smallest absolute Gasteiger partial charge is 0.248 e. The molecule has 14 heteroatoms. The first kappa shape index (κ1) is 28.4. The maximum atomic E-state index is 16.3. The number of amides is 1. The Labute approximate surface area is 253 Å². The third-order valence-electron chi connectivity index (χ3n) is 7.48. The Bertz CT molecular complexity index is 1790. The number of nitrogens with one attached hydrogen (secondary N) is 1. The van der Waals surface area contributed by atoms with E-state index in [0.29, 0.717) is 37.3 Å². The number of carbonyl (C=O) groups is 1. The van der Waals surface area contributed by atoms with Crippen LogP contribution in [0, 0.1) is 23.0 Å². The molecule has 9 nitrogen and oxygen atoms in total. The topological polar surface area (TPSA) is 114 Å². The third kappa shape index (κ3) is 5.07. The Morgan fingerprint density at radius 1 is 1.10 bits per heavy atom. The van der Waals surface area contributed by atoms with E-state index in [2.05, 4.69) is 26.3 Å². The van der Waals surface area contributed by atoms with Crippen LogP contribution in [0.25, 0.3) is 32.2 Å². The normalized spacial score (nSPS) is 16.1. The third-order valence-corrected chi connectivity index (χ3v) is 8.95. The zero-order chi connectivity index (χ0) is 29.5. The number of nitrogen functional groups attached to an aromatic ring is 1. The quantitative estimate of drug-likeness (QED) is 0.249. The SMILES string of the molecule is N#Cc1c(Cl)nc2c(F)c(-c3ccc(F)c4sc(N)nc34)c(Cl)cc2c1N1CCN(C(=O)C=CN2CCNCC2)CC1. The Morgan fingerprint density at radius 3 is 2.55 bits per heavy atom. The molecule has 3 N–H and O–H groups in total. The molecule has 0 atom stereocenters. The van der Waals surface area contributed by atoms with Gasteiger partial charge in [0.1, 0.15) is 28.1 Å². The van der Waals surface area contributed by atoms with Crippen molar-refractivity contribution in [1.82, 2.24) is 25.1 Å². The summed E-state index contributed by atoms with van der Waals surface area (Å²) in [5.41, 5.74) is 6.63. The van der Waals surface area contributed by atoms with Crippen LogP contribution < -0.4 is 16.0 Å². The monoisotopic (exact) mass is 628 g/mol. The number of hydrogen-bond donors (Lipinski definition) is 2. The molecule has 0 unspecified atom stereocenters. The summed E-state index contributed by atoms with van der Waals surface area (Å²) >= 11 is 14.1. The van der Waals surface area contributed by atoms with Crippen LogP contribution in [-0.2, 0) is 4.79 Å². The molecule has 4 heterocycles. The number of anilines is 2. The fraction of sp³-hybridized carbons (Fsp3) is 0.286. The molecule has 0 spiro atoms. The molecule has 2 aliphatic rings. The van der Waals surface area contributed by atoms with Gasteiger partial charge in [-0.05, 0) is 18.2 Å². The number of benzene rings is 2. The molecule has 0 radical (unpaired) electrons. The molecule has 2 aromatic heterocycles. The van der Waals surface area contributed by atoms with Crippen molar-refractivity contribution < 1.29 is 13.6 Å². The number of pyridine rings is 1. The maximum absolute atomic E-state index is 16.3. The van der Waals surface area contributed by atoms with E-state index in [-0.39, 0.29) is 53.6 Å². The molecule has 2 aromatic carbocycles. The van der Waals surface area contributed by atoms with Gasteiger partial charge in [-0.15, -0.1) is 0 Å². The maximum Gasteiger partial charge on any atom is 0.248 e. The fourth-order valence-corrected chi connectivity index (χ4v) is 6.68. The number of nitriles is 1. The van der Waals surface area contributed by atoms with Crippen LogP contribution in [0.4, 0.5) is 19.6 Å². The molecule has 2 fully saturated rings. The molecule has 2 aliphatic heterocycles. The lowest BCUT2D eigenvalue weighted by Gasteiger charge is -2.36. The lowest BCUT2D eigenvalue weighted by molar-refractivity contribution is -0.126. The summed E-state index contributed by atoms with van der Waals surface area (Å²) in [6, 6.07) is 6.23. The van der Waals surface area contributed by atoms with Crippen molar-refractivity contribution in [3.8, 4) is 17.2 Å². The van der Waals surface area contributed by atoms with Gasteiger partial charge in [-0.25, -0.2) is 18.7 Å². The van der Waals surface area contributed by atoms with Gasteiger partial charge in [0.25, 0.3) is 0 Å². The summed E-state index contributed by atoms with van der Waals surface area (Å²) in [6.07, 6.45) is 3.41. The molecule has 6 rings (SSSR count). The van der Waals surface area contributed by atoms with E-state index in [1.807, 2.05) is 11.1 Å². The minimum Gasteiger partial charge on any atom is -0.375 e. The van der Waals surface area contributed by atoms with Crippen molar-refractivity contribution in [3.63, 3.8) is 0 Å². The second-order valence-corrected chi connectivity index (χ2v) is 11.7. The number of nitrogens with zero attached hydrogens (tertiary/aromatic N) is 6. The van der Waals surface area contributed by atoms with Gasteiger partial charge >= 0.3 is 0 Å². The Morgan fingerprint density at radius 2 is 1.83 bits per heavy atom. The first-order chi connectivity index (χ1) is 20.3. The number of hydrogen-bond acceptors (Lipinski definition) is 9. The first-order valence-electron chi connectivity index (χ1n) is 13.2. The van der Waals surface area contributed by atoms with Crippen LogP contribution in [0.3, 0.4) is 0 Å². The van der Waals surface area contributed by atoms with Gasteiger partial charge in [0.15, 0.2) is 10.9 Å². The number of thiazole rings is 1. The predicted octanol–water partition coefficient (Wildman–Crippen LogP) is 4.62. The van der Waals surface area contributed by atoms with Crippen molar-refractivity contribution >= 4 is 72.4 Å². The molecule has 0 aliphatic carbocycles. The summed E-state index contributed by atoms with van der Waals surface area (Å²) in [5, 5.41) is 13.6. The number of rotatable bonds is 4. The summed E-state index contributed by atoms with van der Waals surface area (Å²) in [6.45, 7) is 4.99. The molecule has 0 saturated carbocycles. The van der Waals surface area contributed by atoms with Crippen molar-refractivity contribution in [2.75, 3.05) is 63.0 Å².